The Morgan fingerprint density at radius 1 is 1.31 bits per heavy atom. The van der Waals surface area contributed by atoms with E-state index in [2.05, 4.69) is 26.5 Å². The molecule has 9 nitrogen and oxygen atoms in total. The molecule has 2 rings (SSSR count). The molecule has 0 radical (unpaired) electrons. The smallest absolute Gasteiger partial charge is 0.322 e. The Kier molecular flexibility index (Phi) is 6.42. The van der Waals surface area contributed by atoms with Gasteiger partial charge in [0.05, 0.1) is 18.4 Å². The van der Waals surface area contributed by atoms with Gasteiger partial charge in [-0.1, -0.05) is 38.0 Å². The maximum absolute atomic E-state index is 12.1. The summed E-state index contributed by atoms with van der Waals surface area (Å²) < 4.78 is 0. The lowest BCUT2D eigenvalue weighted by Crippen LogP contribution is -2.56. The van der Waals surface area contributed by atoms with E-state index in [1.165, 1.54) is 0 Å². The summed E-state index contributed by atoms with van der Waals surface area (Å²) in [5.74, 6) is -1.16. The van der Waals surface area contributed by atoms with Gasteiger partial charge in [0.1, 0.15) is 11.3 Å². The molecule has 1 aliphatic heterocycles. The molecule has 1 unspecified atom stereocenters. The first kappa shape index (κ1) is 19.1. The molecule has 5 N–H and O–H groups in total. The highest BCUT2D eigenvalue weighted by molar-refractivity contribution is 6.59. The standard InChI is InChI=1S/C17H22N6O3/c1-2-3-9-17(15(25)21-16(26)22-17)11-19-14(24)13(18)10-20-23-12-7-5-4-6-8-12/h4-8,10,18,23H,2-3,9,11H2,1H3,(H,19,24)(H2,21,22,25,26)/b18-13?,20-10-. The molecular formula is C17H22N6O3. The van der Waals surface area contributed by atoms with Crippen LogP contribution in [0.5, 0.6) is 0 Å². The first-order valence-corrected chi connectivity index (χ1v) is 8.31. The van der Waals surface area contributed by atoms with Gasteiger partial charge in [-0.25, -0.2) is 4.79 Å². The van der Waals surface area contributed by atoms with Crippen LogP contribution in [-0.2, 0) is 9.59 Å². The summed E-state index contributed by atoms with van der Waals surface area (Å²) in [5, 5.41) is 18.9. The van der Waals surface area contributed by atoms with E-state index >= 15 is 0 Å². The average molecular weight is 358 g/mol. The first-order chi connectivity index (χ1) is 12.5. The number of carbonyl (C=O) groups excluding carboxylic acids is 3. The summed E-state index contributed by atoms with van der Waals surface area (Å²) in [4.78, 5) is 35.6. The molecule has 138 valence electrons. The van der Waals surface area contributed by atoms with E-state index in [9.17, 15) is 14.4 Å². The van der Waals surface area contributed by atoms with Gasteiger partial charge in [0.15, 0.2) is 0 Å². The van der Waals surface area contributed by atoms with E-state index in [1.807, 2.05) is 25.1 Å². The fraction of sp³-hybridized carbons (Fsp3) is 0.353. The van der Waals surface area contributed by atoms with Crippen molar-refractivity contribution in [3.05, 3.63) is 30.3 Å². The zero-order chi connectivity index (χ0) is 19.0. The summed E-state index contributed by atoms with van der Waals surface area (Å²) in [5.41, 5.74) is 1.88. The van der Waals surface area contributed by atoms with Gasteiger partial charge in [-0.2, -0.15) is 5.10 Å². The van der Waals surface area contributed by atoms with Crippen LogP contribution in [0.15, 0.2) is 35.4 Å². The van der Waals surface area contributed by atoms with Gasteiger partial charge in [0, 0.05) is 0 Å². The van der Waals surface area contributed by atoms with E-state index in [1.54, 1.807) is 12.1 Å². The van der Waals surface area contributed by atoms with Crippen molar-refractivity contribution in [1.82, 2.24) is 16.0 Å². The monoisotopic (exact) mass is 358 g/mol. The van der Waals surface area contributed by atoms with E-state index < -0.39 is 23.4 Å². The number of rotatable bonds is 9. The normalized spacial score (nSPS) is 19.1. The summed E-state index contributed by atoms with van der Waals surface area (Å²) in [6.45, 7) is 1.87. The number of hydrogen-bond donors (Lipinski definition) is 5. The van der Waals surface area contributed by atoms with Crippen molar-refractivity contribution in [2.45, 2.75) is 31.7 Å². The molecule has 0 aromatic heterocycles. The minimum atomic E-state index is -1.18. The van der Waals surface area contributed by atoms with Crippen LogP contribution in [0.3, 0.4) is 0 Å². The highest BCUT2D eigenvalue weighted by Crippen LogP contribution is 2.18. The molecule has 1 atom stereocenters. The number of para-hydroxylation sites is 1. The van der Waals surface area contributed by atoms with Crippen LogP contribution in [0.2, 0.25) is 0 Å². The molecule has 26 heavy (non-hydrogen) atoms. The number of amides is 4. The van der Waals surface area contributed by atoms with E-state index in [0.29, 0.717) is 12.8 Å². The first-order valence-electron chi connectivity index (χ1n) is 8.31. The zero-order valence-electron chi connectivity index (χ0n) is 14.5. The van der Waals surface area contributed by atoms with Crippen LogP contribution in [-0.4, -0.2) is 41.9 Å². The fourth-order valence-corrected chi connectivity index (χ4v) is 2.46. The molecule has 0 aliphatic carbocycles. The molecule has 4 amide bonds. The van der Waals surface area contributed by atoms with Crippen LogP contribution in [0.4, 0.5) is 10.5 Å². The number of hydrazone groups is 1. The van der Waals surface area contributed by atoms with Crippen molar-refractivity contribution in [3.8, 4) is 0 Å². The number of anilines is 1. The Morgan fingerprint density at radius 2 is 2.04 bits per heavy atom. The highest BCUT2D eigenvalue weighted by atomic mass is 16.2. The van der Waals surface area contributed by atoms with Crippen molar-refractivity contribution in [2.75, 3.05) is 12.0 Å². The lowest BCUT2D eigenvalue weighted by Gasteiger charge is -2.26. The molecule has 1 aromatic rings. The second-order valence-corrected chi connectivity index (χ2v) is 5.93. The van der Waals surface area contributed by atoms with Crippen LogP contribution < -0.4 is 21.4 Å². The minimum Gasteiger partial charge on any atom is -0.348 e. The number of benzene rings is 1. The largest absolute Gasteiger partial charge is 0.348 e. The van der Waals surface area contributed by atoms with Crippen molar-refractivity contribution in [2.24, 2.45) is 5.10 Å². The Hall–Kier alpha value is -3.23. The lowest BCUT2D eigenvalue weighted by molar-refractivity contribution is -0.124. The predicted molar refractivity (Wildman–Crippen MR) is 98.2 cm³/mol. The Labute approximate surface area is 151 Å². The summed E-state index contributed by atoms with van der Waals surface area (Å²) in [6, 6.07) is 8.51. The number of nitrogens with zero attached hydrogens (tertiary/aromatic N) is 1. The molecule has 1 fully saturated rings. The third-order valence-electron chi connectivity index (χ3n) is 3.93. The number of carbonyl (C=O) groups is 3. The molecule has 9 heteroatoms. The second kappa shape index (κ2) is 8.75. The Morgan fingerprint density at radius 3 is 2.65 bits per heavy atom. The highest BCUT2D eigenvalue weighted by Gasteiger charge is 2.45. The van der Waals surface area contributed by atoms with Crippen molar-refractivity contribution < 1.29 is 14.4 Å². The van der Waals surface area contributed by atoms with Gasteiger partial charge >= 0.3 is 6.03 Å². The van der Waals surface area contributed by atoms with E-state index in [0.717, 1.165) is 18.3 Å². The second-order valence-electron chi connectivity index (χ2n) is 5.93. The Balaban J connectivity index is 1.89. The summed E-state index contributed by atoms with van der Waals surface area (Å²) in [6.07, 6.45) is 3.03. The molecule has 1 aromatic carbocycles. The van der Waals surface area contributed by atoms with Crippen LogP contribution >= 0.6 is 0 Å². The number of imide groups is 1. The van der Waals surface area contributed by atoms with Gasteiger partial charge in [-0.15, -0.1) is 0 Å². The van der Waals surface area contributed by atoms with Crippen LogP contribution in [0.1, 0.15) is 26.2 Å². The van der Waals surface area contributed by atoms with Gasteiger partial charge in [-0.3, -0.25) is 25.7 Å². The minimum absolute atomic E-state index is 0.0915. The van der Waals surface area contributed by atoms with E-state index in [-0.39, 0.29) is 12.3 Å². The van der Waals surface area contributed by atoms with Crippen molar-refractivity contribution >= 4 is 35.5 Å². The fourth-order valence-electron chi connectivity index (χ4n) is 2.46. The summed E-state index contributed by atoms with van der Waals surface area (Å²) >= 11 is 0. The average Bonchev–Trinajstić information content (AvgIpc) is 2.92. The number of hydrogen-bond acceptors (Lipinski definition) is 6. The molecule has 1 aliphatic rings. The van der Waals surface area contributed by atoms with Crippen molar-refractivity contribution in [3.63, 3.8) is 0 Å². The Bertz CT molecular complexity index is 718. The maximum atomic E-state index is 12.1. The summed E-state index contributed by atoms with van der Waals surface area (Å²) in [7, 11) is 0. The van der Waals surface area contributed by atoms with Gasteiger partial charge < -0.3 is 10.6 Å². The molecule has 0 spiro atoms. The third kappa shape index (κ3) is 4.88. The van der Waals surface area contributed by atoms with Crippen LogP contribution in [0.25, 0.3) is 0 Å². The molecule has 1 heterocycles. The van der Waals surface area contributed by atoms with Crippen LogP contribution in [0, 0.1) is 5.41 Å². The SMILES string of the molecule is CCCCC1(CNC(=O)C(=N)/C=N\Nc2ccccc2)NC(=O)NC1=O. The topological polar surface area (TPSA) is 136 Å². The quantitative estimate of drug-likeness (QED) is 0.255. The molecule has 0 bridgehead atoms. The van der Waals surface area contributed by atoms with Gasteiger partial charge in [-0.05, 0) is 18.6 Å². The number of unbranched alkanes of at least 4 members (excludes halogenated alkanes) is 1. The zero-order valence-corrected chi connectivity index (χ0v) is 14.5. The van der Waals surface area contributed by atoms with Crippen molar-refractivity contribution in [1.29, 1.82) is 5.41 Å². The lowest BCUT2D eigenvalue weighted by atomic mass is 9.92. The van der Waals surface area contributed by atoms with Gasteiger partial charge in [0.2, 0.25) is 0 Å². The maximum Gasteiger partial charge on any atom is 0.322 e. The van der Waals surface area contributed by atoms with E-state index in [4.69, 9.17) is 5.41 Å². The van der Waals surface area contributed by atoms with Gasteiger partial charge in [0.25, 0.3) is 11.8 Å². The third-order valence-corrected chi connectivity index (χ3v) is 3.93. The predicted octanol–water partition coefficient (Wildman–Crippen LogP) is 0.989. The number of urea groups is 1. The molecule has 0 saturated carbocycles. The molecular weight excluding hydrogens is 336 g/mol. The molecule has 1 saturated heterocycles. The number of nitrogens with one attached hydrogen (secondary N) is 5.